The van der Waals surface area contributed by atoms with Crippen molar-refractivity contribution in [2.45, 2.75) is 6.42 Å². The summed E-state index contributed by atoms with van der Waals surface area (Å²) in [6.45, 7) is 0. The maximum Gasteiger partial charge on any atom is 0.371 e. The summed E-state index contributed by atoms with van der Waals surface area (Å²) in [6, 6.07) is 5.53. The van der Waals surface area contributed by atoms with Crippen LogP contribution in [0.15, 0.2) is 34.7 Å². The number of rotatable bonds is 4. The van der Waals surface area contributed by atoms with E-state index < -0.39 is 35.6 Å². The second-order valence-corrected chi connectivity index (χ2v) is 3.77. The Balaban J connectivity index is 2.23. The molecular formula is C13H8F2O4. The third kappa shape index (κ3) is 2.67. The highest BCUT2D eigenvalue weighted by atomic mass is 19.1. The maximum atomic E-state index is 13.3. The van der Waals surface area contributed by atoms with Crippen molar-refractivity contribution in [1.82, 2.24) is 0 Å². The topological polar surface area (TPSA) is 67.5 Å². The lowest BCUT2D eigenvalue weighted by Crippen LogP contribution is -2.06. The third-order valence-corrected chi connectivity index (χ3v) is 2.49. The molecule has 1 aromatic heterocycles. The fraction of sp³-hybridized carbons (Fsp3) is 0.0769. The molecule has 4 nitrogen and oxygen atoms in total. The average molecular weight is 266 g/mol. The fourth-order valence-electron chi connectivity index (χ4n) is 1.55. The Morgan fingerprint density at radius 3 is 2.16 bits per heavy atom. The zero-order chi connectivity index (χ0) is 14.0. The summed E-state index contributed by atoms with van der Waals surface area (Å²) in [4.78, 5) is 22.3. The van der Waals surface area contributed by atoms with Gasteiger partial charge in [0, 0.05) is 12.0 Å². The minimum Gasteiger partial charge on any atom is -0.475 e. The van der Waals surface area contributed by atoms with E-state index in [0.717, 1.165) is 24.3 Å². The van der Waals surface area contributed by atoms with E-state index in [2.05, 4.69) is 0 Å². The van der Waals surface area contributed by atoms with Crippen molar-refractivity contribution in [3.8, 4) is 0 Å². The van der Waals surface area contributed by atoms with Gasteiger partial charge in [-0.2, -0.15) is 0 Å². The summed E-state index contributed by atoms with van der Waals surface area (Å²) in [5, 5.41) is 8.63. The van der Waals surface area contributed by atoms with Gasteiger partial charge in [0.05, 0.1) is 0 Å². The molecule has 0 radical (unpaired) electrons. The highest BCUT2D eigenvalue weighted by Gasteiger charge is 2.18. The average Bonchev–Trinajstić information content (AvgIpc) is 2.83. The monoisotopic (exact) mass is 266 g/mol. The molecule has 0 spiro atoms. The molecule has 1 aromatic carbocycles. The van der Waals surface area contributed by atoms with Gasteiger partial charge in [0.25, 0.3) is 0 Å². The van der Waals surface area contributed by atoms with Gasteiger partial charge in [-0.25, -0.2) is 13.6 Å². The molecule has 1 heterocycles. The first-order chi connectivity index (χ1) is 8.99. The maximum absolute atomic E-state index is 13.3. The summed E-state index contributed by atoms with van der Waals surface area (Å²) >= 11 is 0. The van der Waals surface area contributed by atoms with Crippen LogP contribution in [-0.4, -0.2) is 16.9 Å². The standard InChI is InChI=1S/C13H8F2O4/c14-8-2-1-3-9(15)7(8)6-10(16)11-4-5-12(19-11)13(17)18/h1-5H,6H2,(H,17,18). The Kier molecular flexibility index (Phi) is 3.41. The minimum atomic E-state index is -1.32. The third-order valence-electron chi connectivity index (χ3n) is 2.49. The van der Waals surface area contributed by atoms with Crippen molar-refractivity contribution in [1.29, 1.82) is 0 Å². The van der Waals surface area contributed by atoms with E-state index in [-0.39, 0.29) is 11.3 Å². The normalized spacial score (nSPS) is 10.4. The lowest BCUT2D eigenvalue weighted by Gasteiger charge is -2.02. The lowest BCUT2D eigenvalue weighted by atomic mass is 10.1. The summed E-state index contributed by atoms with van der Waals surface area (Å²) in [6.07, 6.45) is -0.537. The van der Waals surface area contributed by atoms with Crippen LogP contribution in [-0.2, 0) is 6.42 Å². The van der Waals surface area contributed by atoms with Gasteiger partial charge in [0.15, 0.2) is 5.76 Å². The predicted molar refractivity (Wildman–Crippen MR) is 60.1 cm³/mol. The molecule has 1 N–H and O–H groups in total. The molecule has 0 amide bonds. The van der Waals surface area contributed by atoms with Crippen molar-refractivity contribution in [2.24, 2.45) is 0 Å². The first-order valence-electron chi connectivity index (χ1n) is 5.28. The number of carbonyl (C=O) groups is 2. The smallest absolute Gasteiger partial charge is 0.371 e. The van der Waals surface area contributed by atoms with Crippen LogP contribution >= 0.6 is 0 Å². The molecule has 98 valence electrons. The predicted octanol–water partition coefficient (Wildman–Crippen LogP) is 2.68. The quantitative estimate of drug-likeness (QED) is 0.864. The molecule has 0 aliphatic heterocycles. The van der Waals surface area contributed by atoms with Gasteiger partial charge in [0.2, 0.25) is 11.5 Å². The van der Waals surface area contributed by atoms with Crippen LogP contribution in [0.1, 0.15) is 26.7 Å². The van der Waals surface area contributed by atoms with Crippen LogP contribution in [0.2, 0.25) is 0 Å². The number of halogens is 2. The summed E-state index contributed by atoms with van der Waals surface area (Å²) < 4.78 is 31.5. The second kappa shape index (κ2) is 5.01. The van der Waals surface area contributed by atoms with Gasteiger partial charge in [-0.3, -0.25) is 4.79 Å². The SMILES string of the molecule is O=C(O)c1ccc(C(=O)Cc2c(F)cccc2F)o1. The highest BCUT2D eigenvalue weighted by molar-refractivity contribution is 5.96. The number of hydrogen-bond acceptors (Lipinski definition) is 3. The van der Waals surface area contributed by atoms with Crippen molar-refractivity contribution in [3.63, 3.8) is 0 Å². The number of Topliss-reactive ketones (excluding diaryl/α,β-unsaturated/α-hetero) is 1. The Hall–Kier alpha value is -2.50. The van der Waals surface area contributed by atoms with Gasteiger partial charge in [-0.15, -0.1) is 0 Å². The van der Waals surface area contributed by atoms with Crippen molar-refractivity contribution < 1.29 is 27.9 Å². The molecule has 0 aliphatic rings. The zero-order valence-electron chi connectivity index (χ0n) is 9.52. The number of aromatic carboxylic acids is 1. The van der Waals surface area contributed by atoms with Crippen molar-refractivity contribution in [2.75, 3.05) is 0 Å². The minimum absolute atomic E-state index is 0.250. The Bertz CT molecular complexity index is 626. The number of benzene rings is 1. The summed E-state index contributed by atoms with van der Waals surface area (Å²) in [7, 11) is 0. The summed E-state index contributed by atoms with van der Waals surface area (Å²) in [5.41, 5.74) is -0.374. The second-order valence-electron chi connectivity index (χ2n) is 3.77. The summed E-state index contributed by atoms with van der Waals surface area (Å²) in [5.74, 6) is -4.35. The van der Waals surface area contributed by atoms with Gasteiger partial charge in [-0.05, 0) is 24.3 Å². The number of carbonyl (C=O) groups excluding carboxylic acids is 1. The van der Waals surface area contributed by atoms with Crippen molar-refractivity contribution in [3.05, 3.63) is 59.1 Å². The number of furan rings is 1. The van der Waals surface area contributed by atoms with Gasteiger partial charge >= 0.3 is 5.97 Å². The molecule has 0 saturated heterocycles. The molecule has 0 bridgehead atoms. The van der Waals surface area contributed by atoms with Gasteiger partial charge in [0.1, 0.15) is 11.6 Å². The van der Waals surface area contributed by atoms with E-state index in [9.17, 15) is 18.4 Å². The zero-order valence-corrected chi connectivity index (χ0v) is 9.52. The number of carboxylic acids is 1. The lowest BCUT2D eigenvalue weighted by molar-refractivity contribution is 0.0660. The van der Waals surface area contributed by atoms with E-state index in [1.807, 2.05) is 0 Å². The Morgan fingerprint density at radius 1 is 1.05 bits per heavy atom. The molecule has 0 saturated carbocycles. The molecule has 2 aromatic rings. The first kappa shape index (κ1) is 12.9. The van der Waals surface area contributed by atoms with E-state index in [0.29, 0.717) is 0 Å². The van der Waals surface area contributed by atoms with E-state index in [1.165, 1.54) is 6.07 Å². The molecule has 19 heavy (non-hydrogen) atoms. The largest absolute Gasteiger partial charge is 0.475 e. The Morgan fingerprint density at radius 2 is 1.63 bits per heavy atom. The van der Waals surface area contributed by atoms with Crippen LogP contribution in [0.4, 0.5) is 8.78 Å². The number of hydrogen-bond donors (Lipinski definition) is 1. The number of carboxylic acid groups (broad SMARTS) is 1. The van der Waals surface area contributed by atoms with E-state index in [4.69, 9.17) is 9.52 Å². The van der Waals surface area contributed by atoms with Gasteiger partial charge in [-0.1, -0.05) is 6.07 Å². The highest BCUT2D eigenvalue weighted by Crippen LogP contribution is 2.16. The number of ketones is 1. The van der Waals surface area contributed by atoms with Crippen LogP contribution in [0, 0.1) is 11.6 Å². The molecular weight excluding hydrogens is 258 g/mol. The molecule has 0 atom stereocenters. The molecule has 2 rings (SSSR count). The molecule has 0 aliphatic carbocycles. The van der Waals surface area contributed by atoms with Crippen LogP contribution in [0.3, 0.4) is 0 Å². The van der Waals surface area contributed by atoms with E-state index in [1.54, 1.807) is 0 Å². The van der Waals surface area contributed by atoms with Crippen LogP contribution < -0.4 is 0 Å². The van der Waals surface area contributed by atoms with Crippen molar-refractivity contribution >= 4 is 11.8 Å². The Labute approximate surface area is 106 Å². The molecule has 6 heteroatoms. The van der Waals surface area contributed by atoms with Gasteiger partial charge < -0.3 is 9.52 Å². The molecule has 0 unspecified atom stereocenters. The van der Waals surface area contributed by atoms with Crippen LogP contribution in [0.5, 0.6) is 0 Å². The van der Waals surface area contributed by atoms with E-state index >= 15 is 0 Å². The fourth-order valence-corrected chi connectivity index (χ4v) is 1.55. The first-order valence-corrected chi connectivity index (χ1v) is 5.28. The van der Waals surface area contributed by atoms with Crippen LogP contribution in [0.25, 0.3) is 0 Å². The molecule has 0 fully saturated rings.